The fourth-order valence-corrected chi connectivity index (χ4v) is 3.29. The maximum atomic E-state index is 11.1. The molecule has 3 aromatic rings. The van der Waals surface area contributed by atoms with Gasteiger partial charge in [-0.25, -0.2) is 0 Å². The van der Waals surface area contributed by atoms with Crippen molar-refractivity contribution >= 4 is 56.0 Å². The zero-order valence-electron chi connectivity index (χ0n) is 11.9. The van der Waals surface area contributed by atoms with Crippen LogP contribution in [0.4, 0.5) is 0 Å². The van der Waals surface area contributed by atoms with Crippen molar-refractivity contribution in [1.29, 1.82) is 0 Å². The molecule has 2 aromatic carbocycles. The summed E-state index contributed by atoms with van der Waals surface area (Å²) in [6.45, 7) is 0.592. The number of aromatic nitrogens is 1. The third kappa shape index (κ3) is 3.55. The molecule has 1 heterocycles. The van der Waals surface area contributed by atoms with Crippen LogP contribution in [0.15, 0.2) is 47.1 Å². The second-order valence-corrected chi connectivity index (χ2v) is 6.99. The zero-order valence-corrected chi connectivity index (χ0v) is 15.0. The molecule has 0 radical (unpaired) electrons. The molecule has 0 amide bonds. The van der Waals surface area contributed by atoms with E-state index in [9.17, 15) is 4.79 Å². The Morgan fingerprint density at radius 1 is 1.13 bits per heavy atom. The van der Waals surface area contributed by atoms with Gasteiger partial charge in [0.2, 0.25) is 0 Å². The Bertz CT molecular complexity index is 905. The third-order valence-corrected chi connectivity index (χ3v) is 4.84. The van der Waals surface area contributed by atoms with Crippen LogP contribution in [0.3, 0.4) is 0 Å². The molecule has 1 aromatic heterocycles. The molecule has 0 spiro atoms. The Morgan fingerprint density at radius 3 is 2.61 bits per heavy atom. The summed E-state index contributed by atoms with van der Waals surface area (Å²) in [6, 6.07) is 11.4. The van der Waals surface area contributed by atoms with Gasteiger partial charge >= 0.3 is 5.97 Å². The number of rotatable bonds is 4. The number of carboxylic acid groups (broad SMARTS) is 1. The molecule has 0 saturated carbocycles. The number of hydrogen-bond acceptors (Lipinski definition) is 1. The molecule has 0 atom stereocenters. The second kappa shape index (κ2) is 6.56. The van der Waals surface area contributed by atoms with Crippen molar-refractivity contribution in [3.8, 4) is 0 Å². The first-order chi connectivity index (χ1) is 10.9. The number of carbonyl (C=O) groups is 1. The van der Waals surface area contributed by atoms with E-state index >= 15 is 0 Å². The van der Waals surface area contributed by atoms with E-state index in [0.29, 0.717) is 16.6 Å². The van der Waals surface area contributed by atoms with Crippen molar-refractivity contribution in [3.63, 3.8) is 0 Å². The molecule has 3 nitrogen and oxygen atoms in total. The first-order valence-corrected chi connectivity index (χ1v) is 8.42. The number of halogens is 3. The van der Waals surface area contributed by atoms with Crippen molar-refractivity contribution in [3.05, 3.63) is 68.2 Å². The van der Waals surface area contributed by atoms with E-state index in [-0.39, 0.29) is 6.42 Å². The smallest absolute Gasteiger partial charge is 0.307 e. The minimum atomic E-state index is -0.849. The van der Waals surface area contributed by atoms with Gasteiger partial charge in [-0.05, 0) is 41.5 Å². The number of aliphatic carboxylic acids is 1. The lowest BCUT2D eigenvalue weighted by molar-refractivity contribution is -0.136. The molecule has 0 aliphatic rings. The minimum Gasteiger partial charge on any atom is -0.481 e. The summed E-state index contributed by atoms with van der Waals surface area (Å²) in [4.78, 5) is 11.1. The number of fused-ring (bicyclic) bond motifs is 1. The van der Waals surface area contributed by atoms with E-state index in [2.05, 4.69) is 15.9 Å². The van der Waals surface area contributed by atoms with Gasteiger partial charge in [-0.1, -0.05) is 45.2 Å². The highest BCUT2D eigenvalue weighted by Gasteiger charge is 2.12. The van der Waals surface area contributed by atoms with Gasteiger partial charge in [0.15, 0.2) is 0 Å². The monoisotopic (exact) mass is 411 g/mol. The van der Waals surface area contributed by atoms with Crippen LogP contribution in [0, 0.1) is 0 Å². The van der Waals surface area contributed by atoms with E-state index < -0.39 is 5.97 Å². The molecule has 0 fully saturated rings. The minimum absolute atomic E-state index is 0.0126. The Kier molecular flexibility index (Phi) is 4.67. The number of benzene rings is 2. The Hall–Kier alpha value is -1.49. The van der Waals surface area contributed by atoms with Crippen molar-refractivity contribution in [1.82, 2.24) is 4.57 Å². The maximum Gasteiger partial charge on any atom is 0.307 e. The van der Waals surface area contributed by atoms with Gasteiger partial charge in [-0.3, -0.25) is 4.79 Å². The summed E-state index contributed by atoms with van der Waals surface area (Å²) in [5, 5.41) is 11.1. The van der Waals surface area contributed by atoms with Crippen molar-refractivity contribution in [2.75, 3.05) is 0 Å². The van der Waals surface area contributed by atoms with E-state index in [1.807, 2.05) is 41.1 Å². The second-order valence-electron chi connectivity index (χ2n) is 5.26. The summed E-state index contributed by atoms with van der Waals surface area (Å²) in [7, 11) is 0. The molecule has 118 valence electrons. The van der Waals surface area contributed by atoms with E-state index in [4.69, 9.17) is 28.3 Å². The molecular weight excluding hydrogens is 401 g/mol. The van der Waals surface area contributed by atoms with Gasteiger partial charge in [0.05, 0.1) is 16.5 Å². The number of nitrogens with zero attached hydrogens (tertiary/aromatic N) is 1. The maximum absolute atomic E-state index is 11.1. The van der Waals surface area contributed by atoms with Gasteiger partial charge in [0.1, 0.15) is 0 Å². The van der Waals surface area contributed by atoms with Gasteiger partial charge in [-0.15, -0.1) is 0 Å². The standard InChI is InChI=1S/C17H12BrCl2NO2/c18-12-2-4-16-13(7-12)11(6-17(22)23)9-21(16)8-10-1-3-14(19)15(20)5-10/h1-5,7,9H,6,8H2,(H,22,23). The Labute approximate surface area is 151 Å². The van der Waals surface area contributed by atoms with Gasteiger partial charge < -0.3 is 9.67 Å². The molecule has 1 N–H and O–H groups in total. The third-order valence-electron chi connectivity index (χ3n) is 3.60. The van der Waals surface area contributed by atoms with Crippen LogP contribution in [0.2, 0.25) is 10.0 Å². The molecule has 6 heteroatoms. The van der Waals surface area contributed by atoms with Crippen LogP contribution >= 0.6 is 39.1 Å². The van der Waals surface area contributed by atoms with Crippen LogP contribution in [0.25, 0.3) is 10.9 Å². The van der Waals surface area contributed by atoms with E-state index in [1.54, 1.807) is 6.07 Å². The average Bonchev–Trinajstić information content (AvgIpc) is 2.79. The average molecular weight is 413 g/mol. The van der Waals surface area contributed by atoms with Crippen molar-refractivity contribution < 1.29 is 9.90 Å². The van der Waals surface area contributed by atoms with Crippen LogP contribution in [-0.2, 0) is 17.8 Å². The summed E-state index contributed by atoms with van der Waals surface area (Å²) in [5.41, 5.74) is 2.77. The quantitative estimate of drug-likeness (QED) is 0.624. The molecule has 3 rings (SSSR count). The fourth-order valence-electron chi connectivity index (χ4n) is 2.61. The Morgan fingerprint density at radius 2 is 1.91 bits per heavy atom. The molecule has 0 saturated heterocycles. The normalized spacial score (nSPS) is 11.1. The van der Waals surface area contributed by atoms with Crippen LogP contribution in [0.5, 0.6) is 0 Å². The number of hydrogen-bond donors (Lipinski definition) is 1. The predicted molar refractivity (Wildman–Crippen MR) is 96.5 cm³/mol. The van der Waals surface area contributed by atoms with Crippen molar-refractivity contribution in [2.24, 2.45) is 0 Å². The predicted octanol–water partition coefficient (Wildman–Crippen LogP) is 5.39. The highest BCUT2D eigenvalue weighted by Crippen LogP contribution is 2.28. The lowest BCUT2D eigenvalue weighted by Crippen LogP contribution is -2.00. The topological polar surface area (TPSA) is 42.2 Å². The van der Waals surface area contributed by atoms with Crippen LogP contribution in [0.1, 0.15) is 11.1 Å². The molecule has 0 aliphatic heterocycles. The first-order valence-electron chi connectivity index (χ1n) is 6.87. The highest BCUT2D eigenvalue weighted by atomic mass is 79.9. The van der Waals surface area contributed by atoms with Gasteiger partial charge in [0.25, 0.3) is 0 Å². The largest absolute Gasteiger partial charge is 0.481 e. The van der Waals surface area contributed by atoms with Crippen molar-refractivity contribution in [2.45, 2.75) is 13.0 Å². The molecule has 0 bridgehead atoms. The van der Waals surface area contributed by atoms with E-state index in [0.717, 1.165) is 26.5 Å². The summed E-state index contributed by atoms with van der Waals surface area (Å²) in [6.07, 6.45) is 1.87. The molecule has 0 unspecified atom stereocenters. The van der Waals surface area contributed by atoms with Crippen LogP contribution < -0.4 is 0 Å². The highest BCUT2D eigenvalue weighted by molar-refractivity contribution is 9.10. The van der Waals surface area contributed by atoms with Crippen LogP contribution in [-0.4, -0.2) is 15.6 Å². The van der Waals surface area contributed by atoms with Gasteiger partial charge in [0, 0.05) is 28.1 Å². The molecular formula is C17H12BrCl2NO2. The zero-order chi connectivity index (χ0) is 16.6. The lowest BCUT2D eigenvalue weighted by Gasteiger charge is -2.07. The Balaban J connectivity index is 2.06. The number of carboxylic acids is 1. The summed E-state index contributed by atoms with van der Waals surface area (Å²) >= 11 is 15.5. The summed E-state index contributed by atoms with van der Waals surface area (Å²) in [5.74, 6) is -0.849. The molecule has 0 aliphatic carbocycles. The van der Waals surface area contributed by atoms with E-state index in [1.165, 1.54) is 0 Å². The fraction of sp³-hybridized carbons (Fsp3) is 0.118. The first kappa shape index (κ1) is 16.4. The summed E-state index contributed by atoms with van der Waals surface area (Å²) < 4.78 is 2.95. The van der Waals surface area contributed by atoms with Gasteiger partial charge in [-0.2, -0.15) is 0 Å². The SMILES string of the molecule is O=C(O)Cc1cn(Cc2ccc(Cl)c(Cl)c2)c2ccc(Br)cc12. The molecule has 23 heavy (non-hydrogen) atoms. The lowest BCUT2D eigenvalue weighted by atomic mass is 10.1.